The molecule has 2 aliphatic rings. The summed E-state index contributed by atoms with van der Waals surface area (Å²) < 4.78 is 56.6. The van der Waals surface area contributed by atoms with E-state index in [4.69, 9.17) is 14.2 Å². The summed E-state index contributed by atoms with van der Waals surface area (Å²) in [6.07, 6.45) is -5.00. The van der Waals surface area contributed by atoms with E-state index in [0.717, 1.165) is 4.88 Å². The number of nitrogens with zero attached hydrogens (tertiary/aromatic N) is 1. The summed E-state index contributed by atoms with van der Waals surface area (Å²) in [7, 11) is 0. The van der Waals surface area contributed by atoms with Crippen molar-refractivity contribution >= 4 is 17.4 Å². The number of ether oxygens (including phenoxy) is 3. The number of hydrogen-bond donors (Lipinski definition) is 2. The van der Waals surface area contributed by atoms with Crippen LogP contribution in [0.25, 0.3) is 0 Å². The van der Waals surface area contributed by atoms with Crippen LogP contribution in [0.2, 0.25) is 0 Å². The van der Waals surface area contributed by atoms with Crippen molar-refractivity contribution in [2.45, 2.75) is 18.1 Å². The number of fused-ring (bicyclic) bond motifs is 1. The average molecular weight is 443 g/mol. The van der Waals surface area contributed by atoms with E-state index < -0.39 is 18.1 Å². The Bertz CT molecular complexity index is 847. The zero-order chi connectivity index (χ0) is 21.2. The van der Waals surface area contributed by atoms with Crippen molar-refractivity contribution < 1.29 is 32.2 Å². The van der Waals surface area contributed by atoms with Crippen LogP contribution in [-0.4, -0.2) is 55.9 Å². The highest BCUT2D eigenvalue weighted by Crippen LogP contribution is 2.44. The number of para-hydroxylation sites is 2. The maximum atomic E-state index is 13.7. The molecule has 7 nitrogen and oxygen atoms in total. The molecule has 1 aromatic carbocycles. The van der Waals surface area contributed by atoms with Gasteiger partial charge in [-0.25, -0.2) is 4.79 Å². The predicted octanol–water partition coefficient (Wildman–Crippen LogP) is 3.11. The van der Waals surface area contributed by atoms with Gasteiger partial charge in [0, 0.05) is 24.5 Å². The lowest BCUT2D eigenvalue weighted by molar-refractivity contribution is -0.317. The van der Waals surface area contributed by atoms with Gasteiger partial charge in [-0.05, 0) is 23.6 Å². The van der Waals surface area contributed by atoms with Crippen LogP contribution in [0, 0.1) is 0 Å². The van der Waals surface area contributed by atoms with Gasteiger partial charge in [-0.1, -0.05) is 18.2 Å². The largest absolute Gasteiger partial charge is 0.492 e. The number of hydrogen-bond acceptors (Lipinski definition) is 6. The SMILES string of the molecule is O=C(NC[C@@H](c1cccs1)N1CCOCC1)NC1(C(F)(F)F)Oc2ccccc2O1. The van der Waals surface area contributed by atoms with Crippen LogP contribution in [0.3, 0.4) is 0 Å². The number of morpholine rings is 1. The van der Waals surface area contributed by atoms with Gasteiger partial charge in [-0.15, -0.1) is 11.3 Å². The monoisotopic (exact) mass is 443 g/mol. The van der Waals surface area contributed by atoms with Gasteiger partial charge >= 0.3 is 18.1 Å². The highest BCUT2D eigenvalue weighted by atomic mass is 32.1. The minimum Gasteiger partial charge on any atom is -0.424 e. The van der Waals surface area contributed by atoms with Crippen LogP contribution >= 0.6 is 11.3 Å². The van der Waals surface area contributed by atoms with E-state index in [9.17, 15) is 18.0 Å². The highest BCUT2D eigenvalue weighted by molar-refractivity contribution is 7.10. The number of benzene rings is 1. The Morgan fingerprint density at radius 3 is 2.37 bits per heavy atom. The summed E-state index contributed by atoms with van der Waals surface area (Å²) in [6.45, 7) is 2.57. The summed E-state index contributed by atoms with van der Waals surface area (Å²) in [5, 5.41) is 6.27. The molecule has 0 aliphatic carbocycles. The van der Waals surface area contributed by atoms with Gasteiger partial charge in [-0.2, -0.15) is 13.2 Å². The third-order valence-electron chi connectivity index (χ3n) is 4.82. The quantitative estimate of drug-likeness (QED) is 0.743. The summed E-state index contributed by atoms with van der Waals surface area (Å²) >= 11 is 1.52. The highest BCUT2D eigenvalue weighted by Gasteiger charge is 2.65. The van der Waals surface area contributed by atoms with Crippen molar-refractivity contribution in [2.75, 3.05) is 32.8 Å². The first-order chi connectivity index (χ1) is 14.4. The molecule has 0 unspecified atom stereocenters. The van der Waals surface area contributed by atoms with Crippen molar-refractivity contribution in [3.05, 3.63) is 46.7 Å². The van der Waals surface area contributed by atoms with Crippen LogP contribution in [0.4, 0.5) is 18.0 Å². The molecule has 3 heterocycles. The number of urea groups is 1. The lowest BCUT2D eigenvalue weighted by Gasteiger charge is -2.34. The Morgan fingerprint density at radius 2 is 1.80 bits per heavy atom. The van der Waals surface area contributed by atoms with Gasteiger partial charge in [-0.3, -0.25) is 10.2 Å². The fourth-order valence-electron chi connectivity index (χ4n) is 3.35. The molecule has 2 aliphatic heterocycles. The van der Waals surface area contributed by atoms with Crippen LogP contribution in [-0.2, 0) is 4.74 Å². The molecule has 1 saturated heterocycles. The number of halogens is 3. The Balaban J connectivity index is 1.44. The fourth-order valence-corrected chi connectivity index (χ4v) is 4.21. The summed E-state index contributed by atoms with van der Waals surface area (Å²) in [6, 6.07) is 8.32. The first-order valence-electron chi connectivity index (χ1n) is 9.33. The van der Waals surface area contributed by atoms with E-state index >= 15 is 0 Å². The molecule has 0 bridgehead atoms. The molecular weight excluding hydrogens is 423 g/mol. The smallest absolute Gasteiger partial charge is 0.424 e. The van der Waals surface area contributed by atoms with E-state index in [1.807, 2.05) is 22.8 Å². The van der Waals surface area contributed by atoms with Gasteiger partial charge < -0.3 is 19.5 Å². The third kappa shape index (κ3) is 4.18. The first kappa shape index (κ1) is 20.8. The summed E-state index contributed by atoms with van der Waals surface area (Å²) in [5.41, 5.74) is 0. The Hall–Kier alpha value is -2.50. The molecule has 2 amide bonds. The minimum atomic E-state index is -5.00. The van der Waals surface area contributed by atoms with Gasteiger partial charge in [0.1, 0.15) is 0 Å². The van der Waals surface area contributed by atoms with Crippen LogP contribution in [0.15, 0.2) is 41.8 Å². The second kappa shape index (κ2) is 8.32. The maximum Gasteiger partial charge on any atom is 0.492 e. The number of nitrogens with one attached hydrogen (secondary N) is 2. The predicted molar refractivity (Wildman–Crippen MR) is 102 cm³/mol. The van der Waals surface area contributed by atoms with Crippen molar-refractivity contribution in [2.24, 2.45) is 0 Å². The molecule has 4 rings (SSSR count). The Kier molecular flexibility index (Phi) is 5.76. The molecule has 30 heavy (non-hydrogen) atoms. The number of carbonyl (C=O) groups is 1. The van der Waals surface area contributed by atoms with E-state index in [0.29, 0.717) is 26.3 Å². The molecule has 11 heteroatoms. The number of thiophene rings is 1. The van der Waals surface area contributed by atoms with Crippen LogP contribution < -0.4 is 20.1 Å². The first-order valence-corrected chi connectivity index (χ1v) is 10.2. The van der Waals surface area contributed by atoms with Crippen molar-refractivity contribution in [1.82, 2.24) is 15.5 Å². The second-order valence-electron chi connectivity index (χ2n) is 6.78. The molecule has 1 aromatic heterocycles. The summed E-state index contributed by atoms with van der Waals surface area (Å²) in [5.74, 6) is -3.47. The normalized spacial score (nSPS) is 19.3. The van der Waals surface area contributed by atoms with E-state index in [2.05, 4.69) is 10.2 Å². The van der Waals surface area contributed by atoms with Crippen LogP contribution in [0.1, 0.15) is 10.9 Å². The Labute approximate surface area is 174 Å². The lowest BCUT2D eigenvalue weighted by atomic mass is 10.2. The standard InChI is InChI=1S/C19H20F3N3O4S/c20-18(21,22)19(28-14-4-1-2-5-15(14)29-19)24-17(26)23-12-13(16-6-3-11-30-16)25-7-9-27-10-8-25/h1-6,11,13H,7-10,12H2,(H2,23,24,26)/t13-/m0/s1. The topological polar surface area (TPSA) is 72.1 Å². The average Bonchev–Trinajstić information content (AvgIpc) is 3.36. The van der Waals surface area contributed by atoms with Gasteiger partial charge in [0.25, 0.3) is 0 Å². The van der Waals surface area contributed by atoms with Crippen molar-refractivity contribution in [3.63, 3.8) is 0 Å². The minimum absolute atomic E-state index is 0.0973. The Morgan fingerprint density at radius 1 is 1.13 bits per heavy atom. The molecule has 0 spiro atoms. The fraction of sp³-hybridized carbons (Fsp3) is 0.421. The molecule has 1 atom stereocenters. The van der Waals surface area contributed by atoms with Gasteiger partial charge in [0.15, 0.2) is 11.5 Å². The second-order valence-corrected chi connectivity index (χ2v) is 7.76. The van der Waals surface area contributed by atoms with Crippen molar-refractivity contribution in [1.29, 1.82) is 0 Å². The summed E-state index contributed by atoms with van der Waals surface area (Å²) in [4.78, 5) is 15.6. The van der Waals surface area contributed by atoms with E-state index in [1.165, 1.54) is 35.6 Å². The molecule has 162 valence electrons. The van der Waals surface area contributed by atoms with Crippen LogP contribution in [0.5, 0.6) is 11.5 Å². The molecule has 1 fully saturated rings. The van der Waals surface area contributed by atoms with Crippen molar-refractivity contribution in [3.8, 4) is 11.5 Å². The molecule has 2 aromatic rings. The molecular formula is C19H20F3N3O4S. The number of alkyl halides is 3. The van der Waals surface area contributed by atoms with E-state index in [1.54, 1.807) is 0 Å². The maximum absolute atomic E-state index is 13.7. The molecule has 2 N–H and O–H groups in total. The third-order valence-corrected chi connectivity index (χ3v) is 5.80. The zero-order valence-corrected chi connectivity index (χ0v) is 16.6. The molecule has 0 radical (unpaired) electrons. The molecule has 0 saturated carbocycles. The number of amides is 2. The van der Waals surface area contributed by atoms with Gasteiger partial charge in [0.2, 0.25) is 0 Å². The van der Waals surface area contributed by atoms with Gasteiger partial charge in [0.05, 0.1) is 19.3 Å². The zero-order valence-electron chi connectivity index (χ0n) is 15.8. The lowest BCUT2D eigenvalue weighted by Crippen LogP contribution is -2.66. The van der Waals surface area contributed by atoms with E-state index in [-0.39, 0.29) is 24.1 Å². The number of carbonyl (C=O) groups excluding carboxylic acids is 1. The number of rotatable bonds is 5.